The lowest BCUT2D eigenvalue weighted by Gasteiger charge is -2.12. The standard InChI is InChI=1S/C22H26N2O/c1-6-17-9-11-20-18(13-17)16(5)21(24(20)7-2)22(25)23-19-10-8-14(3)12-15(19)4/h8-13H,6-7H2,1-5H3,(H,23,25). The molecule has 1 amide bonds. The number of fused-ring (bicyclic) bond motifs is 1. The third-order valence-corrected chi connectivity index (χ3v) is 4.95. The highest BCUT2D eigenvalue weighted by Crippen LogP contribution is 2.28. The summed E-state index contributed by atoms with van der Waals surface area (Å²) in [5.41, 5.74) is 7.38. The molecule has 0 saturated carbocycles. The number of carbonyl (C=O) groups excluding carboxylic acids is 1. The molecule has 0 radical (unpaired) electrons. The van der Waals surface area contributed by atoms with E-state index in [9.17, 15) is 4.79 Å². The van der Waals surface area contributed by atoms with Crippen molar-refractivity contribution in [3.63, 3.8) is 0 Å². The first-order valence-electron chi connectivity index (χ1n) is 8.96. The van der Waals surface area contributed by atoms with Crippen LogP contribution in [0.2, 0.25) is 0 Å². The van der Waals surface area contributed by atoms with Crippen molar-refractivity contribution in [2.75, 3.05) is 5.32 Å². The van der Waals surface area contributed by atoms with Crippen molar-refractivity contribution >= 4 is 22.5 Å². The van der Waals surface area contributed by atoms with E-state index >= 15 is 0 Å². The van der Waals surface area contributed by atoms with E-state index in [2.05, 4.69) is 54.9 Å². The fourth-order valence-corrected chi connectivity index (χ4v) is 3.55. The summed E-state index contributed by atoms with van der Waals surface area (Å²) in [5, 5.41) is 4.27. The molecular formula is C22H26N2O. The Hall–Kier alpha value is -2.55. The van der Waals surface area contributed by atoms with Crippen molar-refractivity contribution in [3.8, 4) is 0 Å². The molecule has 3 aromatic rings. The molecule has 1 N–H and O–H groups in total. The molecule has 0 saturated heterocycles. The molecule has 3 heteroatoms. The van der Waals surface area contributed by atoms with Gasteiger partial charge in [-0.25, -0.2) is 0 Å². The van der Waals surface area contributed by atoms with Gasteiger partial charge in [0.2, 0.25) is 0 Å². The average molecular weight is 334 g/mol. The molecule has 0 fully saturated rings. The van der Waals surface area contributed by atoms with Gasteiger partial charge in [0.05, 0.1) is 0 Å². The summed E-state index contributed by atoms with van der Waals surface area (Å²) in [4.78, 5) is 13.0. The summed E-state index contributed by atoms with van der Waals surface area (Å²) in [6.45, 7) is 11.1. The zero-order valence-electron chi connectivity index (χ0n) is 15.7. The van der Waals surface area contributed by atoms with Crippen LogP contribution in [0.4, 0.5) is 5.69 Å². The molecule has 25 heavy (non-hydrogen) atoms. The van der Waals surface area contributed by atoms with Crippen LogP contribution < -0.4 is 5.32 Å². The van der Waals surface area contributed by atoms with Gasteiger partial charge in [-0.2, -0.15) is 0 Å². The predicted octanol–water partition coefficient (Wildman–Crippen LogP) is 5.40. The van der Waals surface area contributed by atoms with Crippen LogP contribution in [0, 0.1) is 20.8 Å². The SMILES string of the molecule is CCc1ccc2c(c1)c(C)c(C(=O)Nc1ccc(C)cc1C)n2CC. The van der Waals surface area contributed by atoms with Gasteiger partial charge in [0.25, 0.3) is 5.91 Å². The van der Waals surface area contributed by atoms with Crippen molar-refractivity contribution in [1.82, 2.24) is 4.57 Å². The number of benzene rings is 2. The van der Waals surface area contributed by atoms with Crippen LogP contribution in [0.1, 0.15) is 46.6 Å². The average Bonchev–Trinajstić information content (AvgIpc) is 2.88. The quantitative estimate of drug-likeness (QED) is 0.681. The first-order valence-corrected chi connectivity index (χ1v) is 8.96. The molecule has 1 aromatic heterocycles. The Kier molecular flexibility index (Phi) is 4.67. The Balaban J connectivity index is 2.07. The Morgan fingerprint density at radius 2 is 1.80 bits per heavy atom. The first-order chi connectivity index (χ1) is 12.0. The highest BCUT2D eigenvalue weighted by Gasteiger charge is 2.20. The number of hydrogen-bond acceptors (Lipinski definition) is 1. The molecule has 2 aromatic carbocycles. The zero-order valence-corrected chi connectivity index (χ0v) is 15.7. The summed E-state index contributed by atoms with van der Waals surface area (Å²) in [6.07, 6.45) is 0.997. The van der Waals surface area contributed by atoms with Crippen LogP contribution in [0.5, 0.6) is 0 Å². The molecule has 3 rings (SSSR count). The maximum absolute atomic E-state index is 13.0. The van der Waals surface area contributed by atoms with Crippen LogP contribution >= 0.6 is 0 Å². The molecule has 0 unspecified atom stereocenters. The summed E-state index contributed by atoms with van der Waals surface area (Å²) < 4.78 is 2.11. The molecule has 130 valence electrons. The lowest BCUT2D eigenvalue weighted by atomic mass is 10.1. The lowest BCUT2D eigenvalue weighted by molar-refractivity contribution is 0.101. The van der Waals surface area contributed by atoms with E-state index in [1.807, 2.05) is 26.0 Å². The molecule has 0 atom stereocenters. The molecule has 0 aliphatic heterocycles. The Morgan fingerprint density at radius 3 is 2.44 bits per heavy atom. The molecule has 1 heterocycles. The normalized spacial score (nSPS) is 11.1. The molecular weight excluding hydrogens is 308 g/mol. The van der Waals surface area contributed by atoms with Gasteiger partial charge < -0.3 is 9.88 Å². The van der Waals surface area contributed by atoms with Gasteiger partial charge in [-0.3, -0.25) is 4.79 Å². The third-order valence-electron chi connectivity index (χ3n) is 4.95. The smallest absolute Gasteiger partial charge is 0.272 e. The monoisotopic (exact) mass is 334 g/mol. The van der Waals surface area contributed by atoms with Gasteiger partial charge in [0.1, 0.15) is 5.69 Å². The third kappa shape index (κ3) is 3.07. The van der Waals surface area contributed by atoms with E-state index in [-0.39, 0.29) is 5.91 Å². The summed E-state index contributed by atoms with van der Waals surface area (Å²) in [7, 11) is 0. The Morgan fingerprint density at radius 1 is 1.04 bits per heavy atom. The Bertz CT molecular complexity index is 950. The minimum absolute atomic E-state index is 0.0412. The van der Waals surface area contributed by atoms with Crippen LogP contribution in [-0.2, 0) is 13.0 Å². The van der Waals surface area contributed by atoms with Crippen molar-refractivity contribution in [1.29, 1.82) is 0 Å². The van der Waals surface area contributed by atoms with Gasteiger partial charge in [-0.15, -0.1) is 0 Å². The number of hydrogen-bond donors (Lipinski definition) is 1. The topological polar surface area (TPSA) is 34.0 Å². The molecule has 0 aliphatic carbocycles. The number of nitrogens with zero attached hydrogens (tertiary/aromatic N) is 1. The molecule has 0 bridgehead atoms. The van der Waals surface area contributed by atoms with Gasteiger partial charge in [0.15, 0.2) is 0 Å². The van der Waals surface area contributed by atoms with Crippen molar-refractivity contribution in [2.24, 2.45) is 0 Å². The number of amides is 1. The van der Waals surface area contributed by atoms with Gasteiger partial charge in [-0.05, 0) is 69.0 Å². The molecule has 0 aliphatic rings. The summed E-state index contributed by atoms with van der Waals surface area (Å²) in [6, 6.07) is 12.6. The number of rotatable bonds is 4. The number of aryl methyl sites for hydroxylation is 5. The van der Waals surface area contributed by atoms with Crippen LogP contribution in [0.25, 0.3) is 10.9 Å². The van der Waals surface area contributed by atoms with Crippen molar-refractivity contribution < 1.29 is 4.79 Å². The summed E-state index contributed by atoms with van der Waals surface area (Å²) >= 11 is 0. The van der Waals surface area contributed by atoms with E-state index in [1.54, 1.807) is 0 Å². The fraction of sp³-hybridized carbons (Fsp3) is 0.318. The van der Waals surface area contributed by atoms with E-state index < -0.39 is 0 Å². The number of anilines is 1. The predicted molar refractivity (Wildman–Crippen MR) is 106 cm³/mol. The van der Waals surface area contributed by atoms with Gasteiger partial charge >= 0.3 is 0 Å². The minimum atomic E-state index is -0.0412. The van der Waals surface area contributed by atoms with E-state index in [4.69, 9.17) is 0 Å². The zero-order chi connectivity index (χ0) is 18.1. The van der Waals surface area contributed by atoms with E-state index in [0.29, 0.717) is 0 Å². The summed E-state index contributed by atoms with van der Waals surface area (Å²) in [5.74, 6) is -0.0412. The Labute approximate surface area is 149 Å². The van der Waals surface area contributed by atoms with Gasteiger partial charge in [-0.1, -0.05) is 30.7 Å². The maximum atomic E-state index is 13.0. The maximum Gasteiger partial charge on any atom is 0.272 e. The first kappa shape index (κ1) is 17.3. The molecule has 0 spiro atoms. The second-order valence-corrected chi connectivity index (χ2v) is 6.70. The minimum Gasteiger partial charge on any atom is -0.337 e. The number of nitrogens with one attached hydrogen (secondary N) is 1. The highest BCUT2D eigenvalue weighted by molar-refractivity contribution is 6.08. The second-order valence-electron chi connectivity index (χ2n) is 6.70. The second kappa shape index (κ2) is 6.75. The van der Waals surface area contributed by atoms with Crippen LogP contribution in [-0.4, -0.2) is 10.5 Å². The van der Waals surface area contributed by atoms with Crippen LogP contribution in [0.15, 0.2) is 36.4 Å². The fourth-order valence-electron chi connectivity index (χ4n) is 3.55. The van der Waals surface area contributed by atoms with Crippen molar-refractivity contribution in [3.05, 3.63) is 64.3 Å². The largest absolute Gasteiger partial charge is 0.337 e. The molecule has 3 nitrogen and oxygen atoms in total. The van der Waals surface area contributed by atoms with E-state index in [1.165, 1.54) is 16.5 Å². The van der Waals surface area contributed by atoms with Crippen LogP contribution in [0.3, 0.4) is 0 Å². The van der Waals surface area contributed by atoms with Gasteiger partial charge in [0, 0.05) is 23.1 Å². The van der Waals surface area contributed by atoms with E-state index in [0.717, 1.165) is 41.0 Å². The number of aromatic nitrogens is 1. The van der Waals surface area contributed by atoms with Crippen molar-refractivity contribution in [2.45, 2.75) is 47.6 Å². The lowest BCUT2D eigenvalue weighted by Crippen LogP contribution is -2.18. The number of carbonyl (C=O) groups is 1. The highest BCUT2D eigenvalue weighted by atomic mass is 16.2.